The van der Waals surface area contributed by atoms with Crippen molar-refractivity contribution in [2.75, 3.05) is 32.7 Å². The fourth-order valence-electron chi connectivity index (χ4n) is 5.13. The van der Waals surface area contributed by atoms with Crippen LogP contribution < -0.4 is 10.1 Å². The van der Waals surface area contributed by atoms with Gasteiger partial charge in [-0.05, 0) is 54.2 Å². The summed E-state index contributed by atoms with van der Waals surface area (Å²) in [6.07, 6.45) is 6.11. The molecule has 10 nitrogen and oxygen atoms in total. The zero-order valence-electron chi connectivity index (χ0n) is 22.2. The molecule has 1 saturated heterocycles. The van der Waals surface area contributed by atoms with E-state index in [1.807, 2.05) is 17.9 Å². The van der Waals surface area contributed by atoms with Gasteiger partial charge in [0, 0.05) is 63.1 Å². The number of carbonyl (C=O) groups is 2. The summed E-state index contributed by atoms with van der Waals surface area (Å²) in [6.45, 7) is 5.90. The van der Waals surface area contributed by atoms with E-state index in [0.29, 0.717) is 36.8 Å². The molecule has 10 heteroatoms. The lowest BCUT2D eigenvalue weighted by atomic mass is 9.93. The van der Waals surface area contributed by atoms with E-state index in [2.05, 4.69) is 32.3 Å². The molecule has 4 heterocycles. The second kappa shape index (κ2) is 12.4. The van der Waals surface area contributed by atoms with E-state index in [9.17, 15) is 14.7 Å². The van der Waals surface area contributed by atoms with Gasteiger partial charge in [-0.3, -0.25) is 19.5 Å². The van der Waals surface area contributed by atoms with Gasteiger partial charge in [0.1, 0.15) is 12.4 Å². The maximum Gasteiger partial charge on any atom is 0.251 e. The number of aliphatic hydroxyl groups is 1. The Balaban J connectivity index is 1.05. The molecule has 2 aromatic heterocycles. The number of rotatable bonds is 11. The van der Waals surface area contributed by atoms with Gasteiger partial charge in [-0.25, -0.2) is 4.98 Å². The minimum Gasteiger partial charge on any atom is -0.486 e. The summed E-state index contributed by atoms with van der Waals surface area (Å²) in [4.78, 5) is 36.8. The first-order valence-electron chi connectivity index (χ1n) is 13.5. The van der Waals surface area contributed by atoms with E-state index in [1.54, 1.807) is 24.5 Å². The molecule has 1 fully saturated rings. The molecule has 2 aliphatic rings. The molecule has 1 atom stereocenters. The molecule has 0 saturated carbocycles. The molecule has 39 heavy (non-hydrogen) atoms. The second-order valence-electron chi connectivity index (χ2n) is 10.3. The van der Waals surface area contributed by atoms with E-state index in [-0.39, 0.29) is 18.4 Å². The monoisotopic (exact) mass is 533 g/mol. The molecule has 0 aliphatic carbocycles. The number of amides is 2. The Morgan fingerprint density at radius 2 is 2.10 bits per heavy atom. The Kier molecular flexibility index (Phi) is 8.53. The number of β-amino-alcohol motifs (C(OH)–C–C–N with tert-alkyl or cyclic N) is 1. The topological polar surface area (TPSA) is 121 Å². The molecule has 2 N–H and O–H groups in total. The Morgan fingerprint density at radius 1 is 1.23 bits per heavy atom. The van der Waals surface area contributed by atoms with Crippen LogP contribution in [0.3, 0.4) is 0 Å². The third-order valence-corrected chi connectivity index (χ3v) is 7.29. The molecule has 3 aromatic rings. The maximum absolute atomic E-state index is 12.7. The van der Waals surface area contributed by atoms with E-state index in [0.717, 1.165) is 50.5 Å². The van der Waals surface area contributed by atoms with Crippen molar-refractivity contribution in [3.63, 3.8) is 0 Å². The molecule has 0 bridgehead atoms. The zero-order chi connectivity index (χ0) is 27.2. The molecular weight excluding hydrogens is 498 g/mol. The van der Waals surface area contributed by atoms with E-state index < -0.39 is 6.10 Å². The summed E-state index contributed by atoms with van der Waals surface area (Å²) < 4.78 is 11.0. The van der Waals surface area contributed by atoms with Crippen LogP contribution in [0.15, 0.2) is 53.5 Å². The second-order valence-corrected chi connectivity index (χ2v) is 10.3. The lowest BCUT2D eigenvalue weighted by Crippen LogP contribution is -2.50. The zero-order valence-corrected chi connectivity index (χ0v) is 22.2. The van der Waals surface area contributed by atoms with Crippen molar-refractivity contribution >= 4 is 11.8 Å². The molecular formula is C29H35N5O5. The first-order chi connectivity index (χ1) is 19.0. The van der Waals surface area contributed by atoms with Crippen molar-refractivity contribution in [3.05, 3.63) is 77.3 Å². The van der Waals surface area contributed by atoms with E-state index in [4.69, 9.17) is 9.15 Å². The summed E-state index contributed by atoms with van der Waals surface area (Å²) in [5, 5.41) is 13.5. The summed E-state index contributed by atoms with van der Waals surface area (Å²) in [5.74, 6) is 1.80. The molecule has 206 valence electrons. The van der Waals surface area contributed by atoms with Crippen molar-refractivity contribution < 1.29 is 23.8 Å². The Morgan fingerprint density at radius 3 is 2.90 bits per heavy atom. The minimum absolute atomic E-state index is 0.172. The van der Waals surface area contributed by atoms with Crippen LogP contribution in [0.25, 0.3) is 0 Å². The van der Waals surface area contributed by atoms with Crippen molar-refractivity contribution in [2.24, 2.45) is 5.92 Å². The van der Waals surface area contributed by atoms with Crippen molar-refractivity contribution in [1.29, 1.82) is 0 Å². The largest absolute Gasteiger partial charge is 0.486 e. The maximum atomic E-state index is 12.7. The van der Waals surface area contributed by atoms with Gasteiger partial charge in [0.25, 0.3) is 5.91 Å². The highest BCUT2D eigenvalue weighted by atomic mass is 16.5. The predicted molar refractivity (Wildman–Crippen MR) is 143 cm³/mol. The van der Waals surface area contributed by atoms with Crippen LogP contribution in [-0.4, -0.2) is 75.5 Å². The third kappa shape index (κ3) is 7.01. The lowest BCUT2D eigenvalue weighted by molar-refractivity contribution is -0.137. The quantitative estimate of drug-likeness (QED) is 0.385. The van der Waals surface area contributed by atoms with Gasteiger partial charge in [-0.1, -0.05) is 13.0 Å². The fraction of sp³-hybridized carbons (Fsp3) is 0.448. The molecule has 0 unspecified atom stereocenters. The fourth-order valence-corrected chi connectivity index (χ4v) is 5.13. The van der Waals surface area contributed by atoms with E-state index >= 15 is 0 Å². The van der Waals surface area contributed by atoms with E-state index in [1.165, 1.54) is 17.5 Å². The predicted octanol–water partition coefficient (Wildman–Crippen LogP) is 2.21. The number of fused-ring (bicyclic) bond motifs is 1. The number of benzene rings is 1. The molecule has 0 radical (unpaired) electrons. The number of ether oxygens (including phenoxy) is 1. The summed E-state index contributed by atoms with van der Waals surface area (Å²) in [5.41, 5.74) is 3.82. The number of nitrogens with one attached hydrogen (secondary N) is 1. The van der Waals surface area contributed by atoms with Crippen LogP contribution in [0, 0.1) is 5.92 Å². The lowest BCUT2D eigenvalue weighted by Gasteiger charge is -2.39. The van der Waals surface area contributed by atoms with Crippen LogP contribution in [-0.2, 0) is 30.8 Å². The van der Waals surface area contributed by atoms with Gasteiger partial charge >= 0.3 is 0 Å². The highest BCUT2D eigenvalue weighted by Crippen LogP contribution is 2.25. The molecule has 0 spiro atoms. The summed E-state index contributed by atoms with van der Waals surface area (Å²) >= 11 is 0. The number of aliphatic hydroxyl groups excluding tert-OH is 1. The van der Waals surface area contributed by atoms with Gasteiger partial charge in [0.05, 0.1) is 12.3 Å². The number of likely N-dealkylation sites (tertiary alicyclic amines) is 1. The van der Waals surface area contributed by atoms with Crippen LogP contribution in [0.1, 0.15) is 46.3 Å². The molecule has 2 amide bonds. The molecule has 2 aliphatic heterocycles. The van der Waals surface area contributed by atoms with Crippen molar-refractivity contribution in [2.45, 2.75) is 45.4 Å². The summed E-state index contributed by atoms with van der Waals surface area (Å²) in [7, 11) is 0. The van der Waals surface area contributed by atoms with Crippen LogP contribution in [0.4, 0.5) is 0 Å². The summed E-state index contributed by atoms with van der Waals surface area (Å²) in [6, 6.07) is 9.56. The number of nitrogens with zero attached hydrogens (tertiary/aromatic N) is 4. The number of hydrogen-bond acceptors (Lipinski definition) is 8. The van der Waals surface area contributed by atoms with Gasteiger partial charge in [-0.15, -0.1) is 0 Å². The van der Waals surface area contributed by atoms with Gasteiger partial charge < -0.3 is 24.5 Å². The van der Waals surface area contributed by atoms with Crippen molar-refractivity contribution in [3.8, 4) is 5.75 Å². The standard InChI is InChI=1S/C29H35N5O5/c1-2-28(36)34-14-20(15-34)9-24-10-22(5-7-31-24)29(37)32-12-25(35)17-33-8-6-21-11-26(4-3-23(21)16-33)38-18-27-13-30-19-39-27/h3-5,7,10-11,13,19-20,25,35H,2,6,8-9,12,14-18H2,1H3,(H,32,37)/t25-/m0/s1. The third-order valence-electron chi connectivity index (χ3n) is 7.29. The van der Waals surface area contributed by atoms with Crippen molar-refractivity contribution in [1.82, 2.24) is 25.1 Å². The highest BCUT2D eigenvalue weighted by molar-refractivity contribution is 5.94. The molecule has 1 aromatic carbocycles. The first kappa shape index (κ1) is 26.8. The average Bonchev–Trinajstić information content (AvgIpc) is 3.46. The average molecular weight is 534 g/mol. The Labute approximate surface area is 228 Å². The van der Waals surface area contributed by atoms with Gasteiger partial charge in [0.2, 0.25) is 5.91 Å². The number of carbonyl (C=O) groups excluding carboxylic acids is 2. The Hall–Kier alpha value is -3.76. The smallest absolute Gasteiger partial charge is 0.251 e. The number of pyridine rings is 1. The van der Waals surface area contributed by atoms with Gasteiger partial charge in [0.15, 0.2) is 12.2 Å². The number of oxazole rings is 1. The Bertz CT molecular complexity index is 1270. The highest BCUT2D eigenvalue weighted by Gasteiger charge is 2.30. The first-order valence-corrected chi connectivity index (χ1v) is 13.5. The van der Waals surface area contributed by atoms with Crippen LogP contribution >= 0.6 is 0 Å². The SMILES string of the molecule is CCC(=O)N1CC(Cc2cc(C(=O)NC[C@H](O)CN3CCc4cc(OCc5cnco5)ccc4C3)ccn2)C1. The van der Waals surface area contributed by atoms with Gasteiger partial charge in [-0.2, -0.15) is 0 Å². The number of aromatic nitrogens is 2. The van der Waals surface area contributed by atoms with Crippen LogP contribution in [0.2, 0.25) is 0 Å². The number of hydrogen-bond donors (Lipinski definition) is 2. The minimum atomic E-state index is -0.682. The normalized spacial score (nSPS) is 16.3. The molecule has 5 rings (SSSR count). The van der Waals surface area contributed by atoms with Crippen LogP contribution in [0.5, 0.6) is 5.75 Å².